The van der Waals surface area contributed by atoms with Crippen LogP contribution in [0, 0.1) is 0 Å². The van der Waals surface area contributed by atoms with E-state index >= 15 is 0 Å². The van der Waals surface area contributed by atoms with Gasteiger partial charge in [-0.05, 0) is 24.3 Å². The van der Waals surface area contributed by atoms with E-state index in [2.05, 4.69) is 10.1 Å². The van der Waals surface area contributed by atoms with Gasteiger partial charge >= 0.3 is 5.97 Å². The van der Waals surface area contributed by atoms with E-state index in [0.29, 0.717) is 11.3 Å². The van der Waals surface area contributed by atoms with Crippen molar-refractivity contribution in [2.45, 2.75) is 0 Å². The molecule has 2 heterocycles. The van der Waals surface area contributed by atoms with Crippen molar-refractivity contribution in [3.05, 3.63) is 53.5 Å². The van der Waals surface area contributed by atoms with Gasteiger partial charge in [-0.3, -0.25) is 4.68 Å². The maximum absolute atomic E-state index is 11.9. The molecule has 1 aromatic carbocycles. The summed E-state index contributed by atoms with van der Waals surface area (Å²) >= 11 is 0. The number of aryl methyl sites for hydroxylation is 1. The second-order valence-electron chi connectivity index (χ2n) is 4.52. The van der Waals surface area contributed by atoms with Crippen molar-refractivity contribution in [2.24, 2.45) is 12.0 Å². The summed E-state index contributed by atoms with van der Waals surface area (Å²) in [5.74, 6) is 0.474. The molecule has 0 spiro atoms. The van der Waals surface area contributed by atoms with Crippen LogP contribution in [0.5, 0.6) is 5.75 Å². The number of ether oxygens (including phenoxy) is 2. The Morgan fingerprint density at radius 3 is 2.95 bits per heavy atom. The number of hydrogen-bond acceptors (Lipinski definition) is 5. The van der Waals surface area contributed by atoms with Gasteiger partial charge in [0.25, 0.3) is 0 Å². The minimum atomic E-state index is -0.475. The summed E-state index contributed by atoms with van der Waals surface area (Å²) in [7, 11) is 3.38. The molecule has 1 aliphatic rings. The van der Waals surface area contributed by atoms with Crippen LogP contribution >= 0.6 is 0 Å². The topological polar surface area (TPSA) is 65.7 Å². The number of methoxy groups -OCH3 is 1. The number of carbonyl (C=O) groups excluding carboxylic acids is 1. The third-order valence-electron chi connectivity index (χ3n) is 2.97. The minimum Gasteiger partial charge on any atom is -0.497 e. The zero-order valence-electron chi connectivity index (χ0n) is 11.6. The van der Waals surface area contributed by atoms with Crippen molar-refractivity contribution < 1.29 is 14.3 Å². The molecule has 0 unspecified atom stereocenters. The number of nitrogens with zero attached hydrogens (tertiary/aromatic N) is 3. The molecule has 1 aromatic heterocycles. The van der Waals surface area contributed by atoms with Gasteiger partial charge in [0.15, 0.2) is 5.70 Å². The van der Waals surface area contributed by atoms with Crippen molar-refractivity contribution in [2.75, 3.05) is 7.11 Å². The predicted octanol–water partition coefficient (Wildman–Crippen LogP) is 1.77. The molecule has 6 nitrogen and oxygen atoms in total. The quantitative estimate of drug-likeness (QED) is 0.636. The predicted molar refractivity (Wildman–Crippen MR) is 76.8 cm³/mol. The van der Waals surface area contributed by atoms with Gasteiger partial charge in [0.2, 0.25) is 5.90 Å². The zero-order chi connectivity index (χ0) is 14.8. The molecule has 0 fully saturated rings. The lowest BCUT2D eigenvalue weighted by Crippen LogP contribution is -2.05. The van der Waals surface area contributed by atoms with Gasteiger partial charge in [0.05, 0.1) is 13.3 Å². The lowest BCUT2D eigenvalue weighted by molar-refractivity contribution is -0.129. The van der Waals surface area contributed by atoms with Gasteiger partial charge in [-0.25, -0.2) is 9.79 Å². The average molecular weight is 283 g/mol. The van der Waals surface area contributed by atoms with Gasteiger partial charge in [-0.2, -0.15) is 5.10 Å². The highest BCUT2D eigenvalue weighted by molar-refractivity contribution is 6.12. The SMILES string of the molecule is COc1cccc(C2=N/C(=C\c3cnn(C)c3)C(=O)O2)c1. The van der Waals surface area contributed by atoms with Crippen molar-refractivity contribution >= 4 is 17.9 Å². The Kier molecular flexibility index (Phi) is 3.27. The lowest BCUT2D eigenvalue weighted by atomic mass is 10.2. The first-order valence-corrected chi connectivity index (χ1v) is 6.31. The largest absolute Gasteiger partial charge is 0.497 e. The summed E-state index contributed by atoms with van der Waals surface area (Å²) in [6.45, 7) is 0. The highest BCUT2D eigenvalue weighted by atomic mass is 16.6. The Bertz CT molecular complexity index is 759. The van der Waals surface area contributed by atoms with Crippen molar-refractivity contribution in [1.29, 1.82) is 0 Å². The van der Waals surface area contributed by atoms with Crippen LogP contribution in [0.1, 0.15) is 11.1 Å². The average Bonchev–Trinajstić information content (AvgIpc) is 3.06. The van der Waals surface area contributed by atoms with Crippen LogP contribution in [-0.4, -0.2) is 28.8 Å². The molecule has 1 aliphatic heterocycles. The van der Waals surface area contributed by atoms with Crippen LogP contribution in [0.15, 0.2) is 47.3 Å². The highest BCUT2D eigenvalue weighted by Crippen LogP contribution is 2.21. The number of cyclic esters (lactones) is 1. The summed E-state index contributed by atoms with van der Waals surface area (Å²) in [6.07, 6.45) is 5.08. The summed E-state index contributed by atoms with van der Waals surface area (Å²) in [6, 6.07) is 7.20. The minimum absolute atomic E-state index is 0.251. The molecule has 106 valence electrons. The van der Waals surface area contributed by atoms with E-state index in [1.807, 2.05) is 18.2 Å². The number of aliphatic imine (C=N–C) groups is 1. The Morgan fingerprint density at radius 1 is 1.38 bits per heavy atom. The number of esters is 1. The van der Waals surface area contributed by atoms with E-state index in [4.69, 9.17) is 9.47 Å². The summed E-state index contributed by atoms with van der Waals surface area (Å²) < 4.78 is 12.0. The van der Waals surface area contributed by atoms with Crippen molar-refractivity contribution in [3.63, 3.8) is 0 Å². The normalized spacial score (nSPS) is 16.0. The summed E-state index contributed by atoms with van der Waals surface area (Å²) in [5, 5.41) is 4.04. The molecule has 21 heavy (non-hydrogen) atoms. The van der Waals surface area contributed by atoms with Gasteiger partial charge in [0, 0.05) is 24.4 Å². The summed E-state index contributed by atoms with van der Waals surface area (Å²) in [4.78, 5) is 16.1. The Morgan fingerprint density at radius 2 is 2.24 bits per heavy atom. The fraction of sp³-hybridized carbons (Fsp3) is 0.133. The van der Waals surface area contributed by atoms with Crippen LogP contribution in [-0.2, 0) is 16.6 Å². The van der Waals surface area contributed by atoms with Gasteiger partial charge < -0.3 is 9.47 Å². The van der Waals surface area contributed by atoms with Crippen LogP contribution in [0.4, 0.5) is 0 Å². The molecule has 0 N–H and O–H groups in total. The maximum Gasteiger partial charge on any atom is 0.363 e. The van der Waals surface area contributed by atoms with Crippen LogP contribution in [0.2, 0.25) is 0 Å². The number of rotatable bonds is 3. The Hall–Kier alpha value is -2.89. The van der Waals surface area contributed by atoms with Crippen LogP contribution < -0.4 is 4.74 Å². The van der Waals surface area contributed by atoms with Gasteiger partial charge in [-0.15, -0.1) is 0 Å². The molecule has 0 atom stereocenters. The molecule has 3 rings (SSSR count). The second kappa shape index (κ2) is 5.24. The van der Waals surface area contributed by atoms with E-state index in [1.54, 1.807) is 43.4 Å². The Labute approximate surface area is 121 Å². The fourth-order valence-electron chi connectivity index (χ4n) is 1.96. The number of carbonyl (C=O) groups is 1. The molecular weight excluding hydrogens is 270 g/mol. The standard InChI is InChI=1S/C15H13N3O3/c1-18-9-10(8-16-18)6-13-15(19)21-14(17-13)11-4-3-5-12(7-11)20-2/h3-9H,1-2H3/b13-6-. The molecular formula is C15H13N3O3. The molecule has 0 radical (unpaired) electrons. The number of benzene rings is 1. The molecule has 2 aromatic rings. The molecule has 6 heteroatoms. The third-order valence-corrected chi connectivity index (χ3v) is 2.97. The molecule has 0 saturated heterocycles. The highest BCUT2D eigenvalue weighted by Gasteiger charge is 2.24. The van der Waals surface area contributed by atoms with Crippen molar-refractivity contribution in [3.8, 4) is 5.75 Å². The van der Waals surface area contributed by atoms with E-state index in [-0.39, 0.29) is 11.6 Å². The van der Waals surface area contributed by atoms with Gasteiger partial charge in [-0.1, -0.05) is 6.07 Å². The lowest BCUT2D eigenvalue weighted by Gasteiger charge is -2.02. The monoisotopic (exact) mass is 283 g/mol. The first-order chi connectivity index (χ1) is 10.2. The zero-order valence-corrected chi connectivity index (χ0v) is 11.6. The van der Waals surface area contributed by atoms with E-state index in [9.17, 15) is 4.79 Å². The maximum atomic E-state index is 11.9. The summed E-state index contributed by atoms with van der Waals surface area (Å²) in [5.41, 5.74) is 1.73. The molecule has 0 saturated carbocycles. The molecule has 0 aliphatic carbocycles. The molecule has 0 amide bonds. The van der Waals surface area contributed by atoms with Crippen LogP contribution in [0.3, 0.4) is 0 Å². The first-order valence-electron chi connectivity index (χ1n) is 6.31. The van der Waals surface area contributed by atoms with E-state index < -0.39 is 5.97 Å². The number of hydrogen-bond donors (Lipinski definition) is 0. The second-order valence-corrected chi connectivity index (χ2v) is 4.52. The molecule has 0 bridgehead atoms. The van der Waals surface area contributed by atoms with Crippen molar-refractivity contribution in [1.82, 2.24) is 9.78 Å². The fourth-order valence-corrected chi connectivity index (χ4v) is 1.96. The van der Waals surface area contributed by atoms with Crippen LogP contribution in [0.25, 0.3) is 6.08 Å². The van der Waals surface area contributed by atoms with E-state index in [1.165, 1.54) is 0 Å². The smallest absolute Gasteiger partial charge is 0.363 e. The number of aromatic nitrogens is 2. The third kappa shape index (κ3) is 2.69. The Balaban J connectivity index is 1.93. The van der Waals surface area contributed by atoms with Gasteiger partial charge in [0.1, 0.15) is 5.75 Å². The van der Waals surface area contributed by atoms with E-state index in [0.717, 1.165) is 5.56 Å². The first kappa shape index (κ1) is 13.1.